The van der Waals surface area contributed by atoms with E-state index in [2.05, 4.69) is 183 Å². The minimum atomic E-state index is -0.116. The van der Waals surface area contributed by atoms with Gasteiger partial charge in [-0.1, -0.05) is 135 Å². The van der Waals surface area contributed by atoms with Gasteiger partial charge >= 0.3 is 0 Å². The number of anilines is 3. The molecule has 9 aromatic rings. The van der Waals surface area contributed by atoms with Crippen molar-refractivity contribution in [1.29, 1.82) is 0 Å². The van der Waals surface area contributed by atoms with Crippen LogP contribution < -0.4 is 4.90 Å². The molecule has 10 rings (SSSR count). The van der Waals surface area contributed by atoms with E-state index >= 15 is 0 Å². The van der Waals surface area contributed by atoms with Gasteiger partial charge < -0.3 is 9.32 Å². The zero-order chi connectivity index (χ0) is 32.7. The van der Waals surface area contributed by atoms with Crippen LogP contribution in [0.4, 0.5) is 17.1 Å². The number of hydrogen-bond acceptors (Lipinski definition) is 2. The summed E-state index contributed by atoms with van der Waals surface area (Å²) in [7, 11) is 0. The number of nitrogens with zero attached hydrogens (tertiary/aromatic N) is 1. The van der Waals surface area contributed by atoms with Gasteiger partial charge in [-0.3, -0.25) is 0 Å². The minimum Gasteiger partial charge on any atom is -0.455 e. The van der Waals surface area contributed by atoms with Gasteiger partial charge in [0, 0.05) is 27.6 Å². The molecule has 49 heavy (non-hydrogen) atoms. The molecule has 0 fully saturated rings. The number of rotatable bonds is 4. The zero-order valence-corrected chi connectivity index (χ0v) is 27.4. The highest BCUT2D eigenvalue weighted by atomic mass is 16.3. The molecule has 1 aliphatic rings. The van der Waals surface area contributed by atoms with E-state index in [1.165, 1.54) is 43.8 Å². The minimum absolute atomic E-state index is 0.116. The molecule has 0 spiro atoms. The van der Waals surface area contributed by atoms with Crippen LogP contribution in [0.3, 0.4) is 0 Å². The molecule has 2 nitrogen and oxygen atoms in total. The summed E-state index contributed by atoms with van der Waals surface area (Å²) in [6, 6.07) is 59.4. The van der Waals surface area contributed by atoms with Crippen LogP contribution in [0.5, 0.6) is 0 Å². The average Bonchev–Trinajstić information content (AvgIpc) is 3.65. The second kappa shape index (κ2) is 10.4. The van der Waals surface area contributed by atoms with Crippen LogP contribution in [0.15, 0.2) is 168 Å². The monoisotopic (exact) mass is 627 g/mol. The first-order valence-corrected chi connectivity index (χ1v) is 17.0. The number of para-hydroxylation sites is 1. The molecule has 1 aromatic heterocycles. The lowest BCUT2D eigenvalue weighted by atomic mass is 9.82. The van der Waals surface area contributed by atoms with Crippen molar-refractivity contribution in [3.05, 3.63) is 175 Å². The number of fused-ring (bicyclic) bond motifs is 8. The molecular weight excluding hydrogens is 595 g/mol. The van der Waals surface area contributed by atoms with Gasteiger partial charge in [-0.2, -0.15) is 0 Å². The molecule has 1 aliphatic carbocycles. The number of benzene rings is 8. The lowest BCUT2D eigenvalue weighted by molar-refractivity contribution is 0.660. The summed E-state index contributed by atoms with van der Waals surface area (Å²) in [5.74, 6) is 0. The Morgan fingerprint density at radius 3 is 2.00 bits per heavy atom. The zero-order valence-electron chi connectivity index (χ0n) is 27.4. The molecule has 8 aromatic carbocycles. The second-order valence-electron chi connectivity index (χ2n) is 13.7. The third kappa shape index (κ3) is 4.14. The average molecular weight is 628 g/mol. The Hall–Kier alpha value is -6.12. The smallest absolute Gasteiger partial charge is 0.145 e. The fourth-order valence-electron chi connectivity index (χ4n) is 8.23. The van der Waals surface area contributed by atoms with Crippen molar-refractivity contribution in [2.45, 2.75) is 19.3 Å². The van der Waals surface area contributed by atoms with Crippen LogP contribution in [0, 0.1) is 0 Å². The van der Waals surface area contributed by atoms with Gasteiger partial charge in [-0.25, -0.2) is 0 Å². The fourth-order valence-corrected chi connectivity index (χ4v) is 8.23. The normalized spacial score (nSPS) is 13.3. The first kappa shape index (κ1) is 27.9. The van der Waals surface area contributed by atoms with E-state index in [1.807, 2.05) is 0 Å². The van der Waals surface area contributed by atoms with Gasteiger partial charge in [0.25, 0.3) is 0 Å². The van der Waals surface area contributed by atoms with Crippen molar-refractivity contribution in [2.75, 3.05) is 4.90 Å². The van der Waals surface area contributed by atoms with Crippen molar-refractivity contribution in [3.63, 3.8) is 0 Å². The van der Waals surface area contributed by atoms with E-state index in [4.69, 9.17) is 4.42 Å². The SMILES string of the molecule is CC1(C)c2ccccc2-c2c(N(c3ccc4ccccc4c3)c3ccc(-c4ccc5ccccc5c4)c4oc5ccccc5c34)cccc21. The Morgan fingerprint density at radius 2 is 1.16 bits per heavy atom. The summed E-state index contributed by atoms with van der Waals surface area (Å²) >= 11 is 0. The van der Waals surface area contributed by atoms with Gasteiger partial charge in [0.2, 0.25) is 0 Å². The summed E-state index contributed by atoms with van der Waals surface area (Å²) in [5.41, 5.74) is 12.6. The van der Waals surface area contributed by atoms with Crippen LogP contribution in [0.1, 0.15) is 25.0 Å². The highest BCUT2D eigenvalue weighted by Crippen LogP contribution is 2.55. The maximum absolute atomic E-state index is 6.84. The molecular formula is C47H33NO. The van der Waals surface area contributed by atoms with Gasteiger partial charge in [-0.15, -0.1) is 0 Å². The third-order valence-corrected chi connectivity index (χ3v) is 10.6. The van der Waals surface area contributed by atoms with E-state index in [0.29, 0.717) is 0 Å². The van der Waals surface area contributed by atoms with Gasteiger partial charge in [0.15, 0.2) is 0 Å². The van der Waals surface area contributed by atoms with Crippen molar-refractivity contribution in [3.8, 4) is 22.3 Å². The quantitative estimate of drug-likeness (QED) is 0.193. The molecule has 0 radical (unpaired) electrons. The van der Waals surface area contributed by atoms with Gasteiger partial charge in [-0.05, 0) is 86.3 Å². The van der Waals surface area contributed by atoms with Crippen molar-refractivity contribution >= 4 is 60.5 Å². The summed E-state index contributed by atoms with van der Waals surface area (Å²) in [4.78, 5) is 2.47. The van der Waals surface area contributed by atoms with E-state index in [0.717, 1.165) is 50.1 Å². The maximum atomic E-state index is 6.84. The molecule has 0 bridgehead atoms. The Labute approximate surface area is 285 Å². The van der Waals surface area contributed by atoms with Crippen LogP contribution in [0.25, 0.3) is 65.7 Å². The van der Waals surface area contributed by atoms with Crippen molar-refractivity contribution in [2.24, 2.45) is 0 Å². The van der Waals surface area contributed by atoms with Gasteiger partial charge in [0.1, 0.15) is 11.2 Å². The Kier molecular flexibility index (Phi) is 5.95. The summed E-state index contributed by atoms with van der Waals surface area (Å²) in [5, 5.41) is 7.09. The summed E-state index contributed by atoms with van der Waals surface area (Å²) < 4.78 is 6.84. The molecule has 1 heterocycles. The predicted octanol–water partition coefficient (Wildman–Crippen LogP) is 13.3. The molecule has 0 unspecified atom stereocenters. The van der Waals surface area contributed by atoms with E-state index in [1.54, 1.807) is 0 Å². The Bertz CT molecular complexity index is 2770. The molecule has 0 amide bonds. The lowest BCUT2D eigenvalue weighted by Gasteiger charge is -2.30. The summed E-state index contributed by atoms with van der Waals surface area (Å²) in [6.45, 7) is 4.70. The number of hydrogen-bond donors (Lipinski definition) is 0. The second-order valence-corrected chi connectivity index (χ2v) is 13.7. The van der Waals surface area contributed by atoms with E-state index in [-0.39, 0.29) is 5.41 Å². The molecule has 0 N–H and O–H groups in total. The van der Waals surface area contributed by atoms with Crippen molar-refractivity contribution < 1.29 is 4.42 Å². The van der Waals surface area contributed by atoms with Crippen LogP contribution >= 0.6 is 0 Å². The number of furan rings is 1. The molecule has 232 valence electrons. The third-order valence-electron chi connectivity index (χ3n) is 10.6. The largest absolute Gasteiger partial charge is 0.455 e. The summed E-state index contributed by atoms with van der Waals surface area (Å²) in [6.07, 6.45) is 0. The highest BCUT2D eigenvalue weighted by molar-refractivity contribution is 6.18. The van der Waals surface area contributed by atoms with Crippen LogP contribution in [-0.4, -0.2) is 0 Å². The molecule has 0 saturated heterocycles. The fraction of sp³-hybridized carbons (Fsp3) is 0.0638. The van der Waals surface area contributed by atoms with E-state index < -0.39 is 0 Å². The predicted molar refractivity (Wildman–Crippen MR) is 206 cm³/mol. The topological polar surface area (TPSA) is 16.4 Å². The van der Waals surface area contributed by atoms with E-state index in [9.17, 15) is 0 Å². The Morgan fingerprint density at radius 1 is 0.490 bits per heavy atom. The Balaban J connectivity index is 1.30. The van der Waals surface area contributed by atoms with Crippen LogP contribution in [-0.2, 0) is 5.41 Å². The van der Waals surface area contributed by atoms with Crippen LogP contribution in [0.2, 0.25) is 0 Å². The first-order valence-electron chi connectivity index (χ1n) is 17.0. The maximum Gasteiger partial charge on any atom is 0.145 e. The molecule has 0 aliphatic heterocycles. The molecule has 0 atom stereocenters. The highest BCUT2D eigenvalue weighted by Gasteiger charge is 2.38. The first-order chi connectivity index (χ1) is 24.1. The van der Waals surface area contributed by atoms with Crippen molar-refractivity contribution in [1.82, 2.24) is 0 Å². The molecule has 2 heteroatoms. The standard InChI is InChI=1S/C47H33NO/c1-47(2)39-18-9-7-16-37(39)44-40(47)19-11-20-41(44)48(35-25-24-31-13-4-6-15-33(31)29-35)42-27-26-36(34-23-22-30-12-3-5-14-32(30)28-34)46-45(42)38-17-8-10-21-43(38)49-46/h3-29H,1-2H3. The lowest BCUT2D eigenvalue weighted by Crippen LogP contribution is -2.16. The van der Waals surface area contributed by atoms with Gasteiger partial charge in [0.05, 0.1) is 16.8 Å². The molecule has 0 saturated carbocycles.